The van der Waals surface area contributed by atoms with Gasteiger partial charge in [-0.15, -0.1) is 0 Å². The normalized spacial score (nSPS) is 23.2. The van der Waals surface area contributed by atoms with Crippen LogP contribution >= 0.6 is 23.4 Å². The second-order valence-electron chi connectivity index (χ2n) is 7.97. The molecule has 2 amide bonds. The summed E-state index contributed by atoms with van der Waals surface area (Å²) in [4.78, 5) is 29.4. The van der Waals surface area contributed by atoms with Crippen LogP contribution in [0.25, 0.3) is 0 Å². The van der Waals surface area contributed by atoms with Gasteiger partial charge in [0.25, 0.3) is 0 Å². The Morgan fingerprint density at radius 2 is 1.87 bits per heavy atom. The van der Waals surface area contributed by atoms with E-state index in [1.807, 2.05) is 34.9 Å². The summed E-state index contributed by atoms with van der Waals surface area (Å²) in [5.41, 5.74) is 1.99. The summed E-state index contributed by atoms with van der Waals surface area (Å²) < 4.78 is 10.9. The zero-order valence-electron chi connectivity index (χ0n) is 17.0. The van der Waals surface area contributed by atoms with E-state index in [1.54, 1.807) is 17.0 Å². The lowest BCUT2D eigenvalue weighted by molar-refractivity contribution is -0.135. The number of rotatable bonds is 3. The first-order valence-electron chi connectivity index (χ1n) is 10.4. The fourth-order valence-electron chi connectivity index (χ4n) is 4.37. The molecule has 3 aliphatic rings. The number of halogens is 1. The lowest BCUT2D eigenvalue weighted by Crippen LogP contribution is -2.38. The molecule has 3 aliphatic heterocycles. The van der Waals surface area contributed by atoms with Crippen molar-refractivity contribution in [3.63, 3.8) is 0 Å². The maximum absolute atomic E-state index is 13.2. The summed E-state index contributed by atoms with van der Waals surface area (Å²) in [5.74, 6) is 2.22. The highest BCUT2D eigenvalue weighted by Gasteiger charge is 2.37. The predicted molar refractivity (Wildman–Crippen MR) is 121 cm³/mol. The topological polar surface area (TPSA) is 59.1 Å². The molecule has 2 saturated heterocycles. The predicted octanol–water partition coefficient (Wildman–Crippen LogP) is 4.13. The number of hydrogen-bond acceptors (Lipinski definition) is 5. The van der Waals surface area contributed by atoms with Crippen LogP contribution in [0.1, 0.15) is 23.7 Å². The smallest absolute Gasteiger partial charge is 0.231 e. The standard InChI is InChI=1S/C23H23ClN2O4S/c24-17-2-4-18(5-3-17)26-13-16(12-22(26)27)23(28)25-8-7-21(31-10-9-25)15-1-6-19-20(11-15)30-14-29-19/h1-6,11,16,21H,7-10,12-14H2. The Labute approximate surface area is 190 Å². The van der Waals surface area contributed by atoms with E-state index >= 15 is 0 Å². The van der Waals surface area contributed by atoms with Crippen molar-refractivity contribution in [1.29, 1.82) is 0 Å². The van der Waals surface area contributed by atoms with Crippen LogP contribution in [-0.4, -0.2) is 48.9 Å². The number of thioether (sulfide) groups is 1. The van der Waals surface area contributed by atoms with E-state index in [0.717, 1.165) is 29.4 Å². The maximum Gasteiger partial charge on any atom is 0.231 e. The number of benzene rings is 2. The number of amides is 2. The Morgan fingerprint density at radius 3 is 2.71 bits per heavy atom. The first kappa shape index (κ1) is 20.5. The van der Waals surface area contributed by atoms with Crippen LogP contribution in [0.15, 0.2) is 42.5 Å². The van der Waals surface area contributed by atoms with Crippen molar-refractivity contribution in [3.8, 4) is 11.5 Å². The Kier molecular flexibility index (Phi) is 5.71. The molecule has 0 N–H and O–H groups in total. The van der Waals surface area contributed by atoms with Gasteiger partial charge in [-0.1, -0.05) is 17.7 Å². The van der Waals surface area contributed by atoms with Crippen molar-refractivity contribution in [2.75, 3.05) is 37.1 Å². The highest BCUT2D eigenvalue weighted by Crippen LogP contribution is 2.40. The Balaban J connectivity index is 1.22. The Hall–Kier alpha value is -2.38. The number of anilines is 1. The second kappa shape index (κ2) is 8.63. The highest BCUT2D eigenvalue weighted by molar-refractivity contribution is 7.99. The molecule has 2 aromatic rings. The van der Waals surface area contributed by atoms with E-state index in [9.17, 15) is 9.59 Å². The molecular weight excluding hydrogens is 436 g/mol. The third-order valence-electron chi connectivity index (χ3n) is 6.03. The van der Waals surface area contributed by atoms with Crippen LogP contribution in [0.5, 0.6) is 11.5 Å². The molecule has 2 fully saturated rings. The minimum absolute atomic E-state index is 0.0110. The third kappa shape index (κ3) is 4.21. The maximum atomic E-state index is 13.2. The molecule has 0 spiro atoms. The molecule has 0 radical (unpaired) electrons. The molecule has 2 unspecified atom stereocenters. The summed E-state index contributed by atoms with van der Waals surface area (Å²) in [6.45, 7) is 2.09. The van der Waals surface area contributed by atoms with Crippen LogP contribution in [0, 0.1) is 5.92 Å². The lowest BCUT2D eigenvalue weighted by atomic mass is 10.1. The molecule has 3 heterocycles. The van der Waals surface area contributed by atoms with Crippen molar-refractivity contribution < 1.29 is 19.1 Å². The van der Waals surface area contributed by atoms with Crippen LogP contribution < -0.4 is 14.4 Å². The van der Waals surface area contributed by atoms with Gasteiger partial charge < -0.3 is 19.3 Å². The largest absolute Gasteiger partial charge is 0.454 e. The molecule has 0 aromatic heterocycles. The van der Waals surface area contributed by atoms with Crippen LogP contribution in [0.3, 0.4) is 0 Å². The van der Waals surface area contributed by atoms with E-state index in [1.165, 1.54) is 5.56 Å². The zero-order chi connectivity index (χ0) is 21.4. The summed E-state index contributed by atoms with van der Waals surface area (Å²) >= 11 is 7.82. The van der Waals surface area contributed by atoms with Gasteiger partial charge in [0.2, 0.25) is 18.6 Å². The second-order valence-corrected chi connectivity index (χ2v) is 9.71. The molecule has 31 heavy (non-hydrogen) atoms. The van der Waals surface area contributed by atoms with Gasteiger partial charge >= 0.3 is 0 Å². The number of carbonyl (C=O) groups excluding carboxylic acids is 2. The summed E-state index contributed by atoms with van der Waals surface area (Å²) in [6.07, 6.45) is 1.13. The summed E-state index contributed by atoms with van der Waals surface area (Å²) in [6, 6.07) is 13.3. The first-order valence-corrected chi connectivity index (χ1v) is 11.9. The number of ether oxygens (including phenoxy) is 2. The van der Waals surface area contributed by atoms with Gasteiger partial charge in [0, 0.05) is 47.8 Å². The van der Waals surface area contributed by atoms with Crippen molar-refractivity contribution >= 4 is 40.9 Å². The van der Waals surface area contributed by atoms with Gasteiger partial charge in [0.1, 0.15) is 0 Å². The van der Waals surface area contributed by atoms with Gasteiger partial charge in [-0.3, -0.25) is 9.59 Å². The quantitative estimate of drug-likeness (QED) is 0.692. The fourth-order valence-corrected chi connectivity index (χ4v) is 5.72. The zero-order valence-corrected chi connectivity index (χ0v) is 18.5. The van der Waals surface area contributed by atoms with Gasteiger partial charge in [0.15, 0.2) is 11.5 Å². The summed E-state index contributed by atoms with van der Waals surface area (Å²) in [7, 11) is 0. The third-order valence-corrected chi connectivity index (χ3v) is 7.61. The monoisotopic (exact) mass is 458 g/mol. The van der Waals surface area contributed by atoms with Gasteiger partial charge in [-0.25, -0.2) is 0 Å². The molecule has 0 saturated carbocycles. The molecule has 8 heteroatoms. The fraction of sp³-hybridized carbons (Fsp3) is 0.391. The average molecular weight is 459 g/mol. The molecular formula is C23H23ClN2O4S. The van der Waals surface area contributed by atoms with E-state index in [0.29, 0.717) is 29.9 Å². The number of fused-ring (bicyclic) bond motifs is 1. The van der Waals surface area contributed by atoms with Crippen LogP contribution in [0.4, 0.5) is 5.69 Å². The molecule has 6 nitrogen and oxygen atoms in total. The first-order chi connectivity index (χ1) is 15.1. The SMILES string of the molecule is O=C(C1CC(=O)N(c2ccc(Cl)cc2)C1)N1CCSC(c2ccc3c(c2)OCO3)CC1. The highest BCUT2D eigenvalue weighted by atomic mass is 35.5. The van der Waals surface area contributed by atoms with Crippen LogP contribution in [-0.2, 0) is 9.59 Å². The molecule has 162 valence electrons. The van der Waals surface area contributed by atoms with E-state index in [2.05, 4.69) is 12.1 Å². The van der Waals surface area contributed by atoms with E-state index < -0.39 is 0 Å². The van der Waals surface area contributed by atoms with Crippen molar-refractivity contribution in [2.45, 2.75) is 18.1 Å². The van der Waals surface area contributed by atoms with E-state index in [-0.39, 0.29) is 30.9 Å². The molecule has 5 rings (SSSR count). The summed E-state index contributed by atoms with van der Waals surface area (Å²) in [5, 5.41) is 0.935. The van der Waals surface area contributed by atoms with Gasteiger partial charge in [-0.2, -0.15) is 11.8 Å². The Bertz CT molecular complexity index is 1000. The average Bonchev–Trinajstić information content (AvgIpc) is 3.32. The minimum atomic E-state index is -0.296. The Morgan fingerprint density at radius 1 is 1.06 bits per heavy atom. The number of carbonyl (C=O) groups is 2. The number of hydrogen-bond donors (Lipinski definition) is 0. The molecule has 2 aromatic carbocycles. The van der Waals surface area contributed by atoms with Gasteiger partial charge in [0.05, 0.1) is 5.92 Å². The van der Waals surface area contributed by atoms with Crippen molar-refractivity contribution in [1.82, 2.24) is 4.90 Å². The lowest BCUT2D eigenvalue weighted by Gasteiger charge is -2.24. The van der Waals surface area contributed by atoms with Crippen molar-refractivity contribution in [3.05, 3.63) is 53.1 Å². The van der Waals surface area contributed by atoms with Gasteiger partial charge in [-0.05, 0) is 48.4 Å². The van der Waals surface area contributed by atoms with Crippen molar-refractivity contribution in [2.24, 2.45) is 5.92 Å². The molecule has 2 atom stereocenters. The molecule has 0 bridgehead atoms. The van der Waals surface area contributed by atoms with E-state index in [4.69, 9.17) is 21.1 Å². The van der Waals surface area contributed by atoms with Crippen LogP contribution in [0.2, 0.25) is 5.02 Å². The minimum Gasteiger partial charge on any atom is -0.454 e. The molecule has 0 aliphatic carbocycles. The number of nitrogens with zero attached hydrogens (tertiary/aromatic N) is 2.